The van der Waals surface area contributed by atoms with E-state index in [4.69, 9.17) is 14.2 Å². The van der Waals surface area contributed by atoms with Crippen LogP contribution in [0.25, 0.3) is 11.0 Å². The second kappa shape index (κ2) is 9.66. The van der Waals surface area contributed by atoms with Crippen LogP contribution in [0.5, 0.6) is 11.5 Å². The van der Waals surface area contributed by atoms with Crippen LogP contribution in [-0.4, -0.2) is 49.2 Å². The predicted octanol–water partition coefficient (Wildman–Crippen LogP) is 4.50. The zero-order valence-electron chi connectivity index (χ0n) is 20.8. The highest BCUT2D eigenvalue weighted by molar-refractivity contribution is 6.11. The van der Waals surface area contributed by atoms with E-state index in [9.17, 15) is 4.79 Å². The first-order chi connectivity index (χ1) is 17.9. The summed E-state index contributed by atoms with van der Waals surface area (Å²) < 4.78 is 47.7. The van der Waals surface area contributed by atoms with Gasteiger partial charge in [-0.25, -0.2) is 23.2 Å². The quantitative estimate of drug-likeness (QED) is 0.365. The molecule has 0 radical (unpaired) electrons. The molecule has 4 aromatic rings. The third kappa shape index (κ3) is 4.10. The Kier molecular flexibility index (Phi) is 6.38. The molecule has 11 heteroatoms. The number of pyridine rings is 1. The lowest BCUT2D eigenvalue weighted by Gasteiger charge is -2.35. The smallest absolute Gasteiger partial charge is 0.329 e. The normalized spacial score (nSPS) is 13.3. The van der Waals surface area contributed by atoms with Crippen molar-refractivity contribution in [3.63, 3.8) is 0 Å². The van der Waals surface area contributed by atoms with E-state index in [1.165, 1.54) is 25.2 Å². The molecule has 1 aliphatic heterocycles. The number of hydrogen-bond donors (Lipinski definition) is 0. The molecule has 0 N–H and O–H groups in total. The summed E-state index contributed by atoms with van der Waals surface area (Å²) in [7, 11) is 5.84. The summed E-state index contributed by atoms with van der Waals surface area (Å²) in [4.78, 5) is 20.4. The van der Waals surface area contributed by atoms with Gasteiger partial charge in [0.25, 0.3) is 0 Å². The molecule has 0 fully saturated rings. The molecule has 1 aliphatic rings. The average molecular weight is 510 g/mol. The van der Waals surface area contributed by atoms with Crippen LogP contribution in [0.1, 0.15) is 16.7 Å². The van der Waals surface area contributed by atoms with Crippen LogP contribution in [0, 0.1) is 11.6 Å². The Morgan fingerprint density at radius 3 is 2.43 bits per heavy atom. The minimum Gasteiger partial charge on any atom is -0.497 e. The lowest BCUT2D eigenvalue weighted by Crippen LogP contribution is -2.46. The van der Waals surface area contributed by atoms with E-state index in [0.717, 1.165) is 16.2 Å². The molecule has 0 saturated heterocycles. The van der Waals surface area contributed by atoms with Crippen molar-refractivity contribution >= 4 is 28.4 Å². The summed E-state index contributed by atoms with van der Waals surface area (Å²) >= 11 is 0. The van der Waals surface area contributed by atoms with Gasteiger partial charge in [0.2, 0.25) is 0 Å². The standard InChI is InChI=1S/C26H25F2N5O4/c1-31-23-17(10-29-25-19(23)11-30-33(25)12-15-5-7-18(36-3)8-6-15)13-32(26(31)34)24-21(27)16(14-35-2)9-20(37-4)22(24)28/h5-11H,12-14H2,1-4H3. The summed E-state index contributed by atoms with van der Waals surface area (Å²) in [5, 5.41) is 5.14. The minimum absolute atomic E-state index is 0.0744. The van der Waals surface area contributed by atoms with Crippen LogP contribution in [0.2, 0.25) is 0 Å². The molecule has 0 spiro atoms. The number of urea groups is 1. The van der Waals surface area contributed by atoms with Crippen molar-refractivity contribution in [3.8, 4) is 11.5 Å². The van der Waals surface area contributed by atoms with Gasteiger partial charge in [-0.2, -0.15) is 5.10 Å². The number of amides is 2. The maximum Gasteiger partial charge on any atom is 0.329 e. The van der Waals surface area contributed by atoms with E-state index in [2.05, 4.69) is 10.1 Å². The second-order valence-electron chi connectivity index (χ2n) is 8.59. The van der Waals surface area contributed by atoms with Gasteiger partial charge in [-0.1, -0.05) is 12.1 Å². The van der Waals surface area contributed by atoms with Crippen LogP contribution in [0.4, 0.5) is 25.0 Å². The van der Waals surface area contributed by atoms with Crippen molar-refractivity contribution in [2.75, 3.05) is 38.2 Å². The van der Waals surface area contributed by atoms with Gasteiger partial charge in [0, 0.05) is 31.5 Å². The zero-order chi connectivity index (χ0) is 26.3. The highest BCUT2D eigenvalue weighted by Crippen LogP contribution is 2.40. The molecule has 37 heavy (non-hydrogen) atoms. The van der Waals surface area contributed by atoms with Crippen molar-refractivity contribution in [1.29, 1.82) is 0 Å². The van der Waals surface area contributed by atoms with Crippen LogP contribution < -0.4 is 19.3 Å². The fourth-order valence-corrected chi connectivity index (χ4v) is 4.57. The number of anilines is 2. The molecule has 192 valence electrons. The fourth-order valence-electron chi connectivity index (χ4n) is 4.57. The predicted molar refractivity (Wildman–Crippen MR) is 133 cm³/mol. The number of halogens is 2. The third-order valence-electron chi connectivity index (χ3n) is 6.40. The molecule has 0 bridgehead atoms. The molecule has 2 aromatic heterocycles. The van der Waals surface area contributed by atoms with E-state index in [0.29, 0.717) is 28.8 Å². The van der Waals surface area contributed by atoms with Crippen molar-refractivity contribution in [1.82, 2.24) is 14.8 Å². The second-order valence-corrected chi connectivity index (χ2v) is 8.59. The maximum atomic E-state index is 15.4. The zero-order valence-corrected chi connectivity index (χ0v) is 20.8. The number of rotatable bonds is 7. The number of benzene rings is 2. The SMILES string of the molecule is COCc1cc(OC)c(F)c(N2Cc3cnc4c(cnn4Cc4ccc(OC)cc4)c3N(C)C2=O)c1F. The third-order valence-corrected chi connectivity index (χ3v) is 6.40. The Bertz CT molecular complexity index is 1490. The number of ether oxygens (including phenoxy) is 3. The van der Waals surface area contributed by atoms with Gasteiger partial charge in [-0.05, 0) is 23.8 Å². The Morgan fingerprint density at radius 1 is 1.00 bits per heavy atom. The highest BCUT2D eigenvalue weighted by Gasteiger charge is 2.36. The molecule has 0 atom stereocenters. The van der Waals surface area contributed by atoms with Gasteiger partial charge in [0.1, 0.15) is 11.4 Å². The van der Waals surface area contributed by atoms with Gasteiger partial charge in [0.15, 0.2) is 23.0 Å². The van der Waals surface area contributed by atoms with E-state index in [1.807, 2.05) is 24.3 Å². The number of nitrogens with zero attached hydrogens (tertiary/aromatic N) is 5. The molecule has 5 rings (SSSR count). The molecular formula is C26H25F2N5O4. The maximum absolute atomic E-state index is 15.4. The summed E-state index contributed by atoms with van der Waals surface area (Å²) in [5.74, 6) is -1.28. The lowest BCUT2D eigenvalue weighted by atomic mass is 10.1. The van der Waals surface area contributed by atoms with Gasteiger partial charge in [0.05, 0.1) is 51.2 Å². The molecule has 0 unspecified atom stereocenters. The summed E-state index contributed by atoms with van der Waals surface area (Å²) in [6, 6.07) is 8.24. The first-order valence-corrected chi connectivity index (χ1v) is 11.4. The van der Waals surface area contributed by atoms with Crippen molar-refractivity contribution in [2.45, 2.75) is 19.7 Å². The summed E-state index contributed by atoms with van der Waals surface area (Å²) in [6.45, 7) is 0.267. The van der Waals surface area contributed by atoms with Gasteiger partial charge >= 0.3 is 6.03 Å². The number of carbonyl (C=O) groups excluding carboxylic acids is 1. The highest BCUT2D eigenvalue weighted by atomic mass is 19.1. The Labute approximate surface area is 211 Å². The van der Waals surface area contributed by atoms with E-state index < -0.39 is 23.4 Å². The number of carbonyl (C=O) groups is 1. The first kappa shape index (κ1) is 24.4. The van der Waals surface area contributed by atoms with Crippen LogP contribution in [-0.2, 0) is 24.4 Å². The molecule has 0 aliphatic carbocycles. The largest absolute Gasteiger partial charge is 0.497 e. The molecule has 0 saturated carbocycles. The summed E-state index contributed by atoms with van der Waals surface area (Å²) in [6.07, 6.45) is 3.25. The Balaban J connectivity index is 1.54. The average Bonchev–Trinajstić information content (AvgIpc) is 3.31. The topological polar surface area (TPSA) is 81.9 Å². The van der Waals surface area contributed by atoms with Crippen molar-refractivity contribution in [3.05, 3.63) is 71.1 Å². The lowest BCUT2D eigenvalue weighted by molar-refractivity contribution is 0.181. The van der Waals surface area contributed by atoms with E-state index in [1.54, 1.807) is 31.2 Å². The Morgan fingerprint density at radius 2 is 1.76 bits per heavy atom. The van der Waals surface area contributed by atoms with Crippen LogP contribution in [0.15, 0.2) is 42.7 Å². The molecule has 9 nitrogen and oxygen atoms in total. The van der Waals surface area contributed by atoms with Crippen molar-refractivity contribution < 1.29 is 27.8 Å². The number of fused-ring (bicyclic) bond motifs is 3. The Hall–Kier alpha value is -4.25. The van der Waals surface area contributed by atoms with E-state index >= 15 is 8.78 Å². The number of methoxy groups -OCH3 is 3. The molecular weight excluding hydrogens is 484 g/mol. The number of aromatic nitrogens is 3. The molecule has 3 heterocycles. The molecule has 2 aromatic carbocycles. The van der Waals surface area contributed by atoms with Crippen LogP contribution >= 0.6 is 0 Å². The number of hydrogen-bond acceptors (Lipinski definition) is 6. The van der Waals surface area contributed by atoms with Gasteiger partial charge < -0.3 is 14.2 Å². The van der Waals surface area contributed by atoms with Crippen LogP contribution in [0.3, 0.4) is 0 Å². The monoisotopic (exact) mass is 509 g/mol. The van der Waals surface area contributed by atoms with Gasteiger partial charge in [-0.3, -0.25) is 9.80 Å². The van der Waals surface area contributed by atoms with Gasteiger partial charge in [-0.15, -0.1) is 0 Å². The van der Waals surface area contributed by atoms with E-state index in [-0.39, 0.29) is 24.5 Å². The minimum atomic E-state index is -0.966. The van der Waals surface area contributed by atoms with Crippen molar-refractivity contribution in [2.24, 2.45) is 0 Å². The first-order valence-electron chi connectivity index (χ1n) is 11.4. The fraction of sp³-hybridized carbons (Fsp3) is 0.269. The summed E-state index contributed by atoms with van der Waals surface area (Å²) in [5.41, 5.74) is 2.37. The molecule has 2 amide bonds.